The van der Waals surface area contributed by atoms with E-state index in [1.807, 2.05) is 0 Å². The number of benzene rings is 1. The van der Waals surface area contributed by atoms with Gasteiger partial charge in [0.2, 0.25) is 0 Å². The third-order valence-electron chi connectivity index (χ3n) is 3.82. The Labute approximate surface area is 124 Å². The Morgan fingerprint density at radius 3 is 2.71 bits per heavy atom. The Bertz CT molecular complexity index is 472. The van der Waals surface area contributed by atoms with E-state index in [2.05, 4.69) is 10.2 Å². The van der Waals surface area contributed by atoms with Crippen LogP contribution >= 0.6 is 0 Å². The van der Waals surface area contributed by atoms with E-state index in [4.69, 9.17) is 0 Å². The molecular formula is C15H22N2O4. The fourth-order valence-corrected chi connectivity index (χ4v) is 2.68. The number of carbonyl (C=O) groups is 1. The quantitative estimate of drug-likeness (QED) is 0.636. The molecule has 1 atom stereocenters. The van der Waals surface area contributed by atoms with Gasteiger partial charge >= 0.3 is 0 Å². The first-order valence-electron chi connectivity index (χ1n) is 7.24. The van der Waals surface area contributed by atoms with Gasteiger partial charge in [-0.2, -0.15) is 0 Å². The number of aliphatic hydroxyl groups excluding tert-OH is 1. The summed E-state index contributed by atoms with van der Waals surface area (Å²) < 4.78 is 0. The zero-order valence-electron chi connectivity index (χ0n) is 12.0. The molecule has 0 saturated carbocycles. The first-order valence-corrected chi connectivity index (χ1v) is 7.24. The van der Waals surface area contributed by atoms with Gasteiger partial charge < -0.3 is 25.5 Å². The molecule has 1 heterocycles. The van der Waals surface area contributed by atoms with Crippen LogP contribution in [0, 0.1) is 5.92 Å². The fourth-order valence-electron chi connectivity index (χ4n) is 2.68. The highest BCUT2D eigenvalue weighted by Crippen LogP contribution is 2.25. The number of phenols is 2. The lowest BCUT2D eigenvalue weighted by molar-refractivity contribution is 0.0925. The summed E-state index contributed by atoms with van der Waals surface area (Å²) in [5, 5.41) is 31.1. The molecule has 0 radical (unpaired) electrons. The summed E-state index contributed by atoms with van der Waals surface area (Å²) in [6.07, 6.45) is 2.10. The normalized spacial score (nSPS) is 19.4. The van der Waals surface area contributed by atoms with Crippen LogP contribution in [0.5, 0.6) is 11.5 Å². The molecule has 1 saturated heterocycles. The maximum atomic E-state index is 12.0. The highest BCUT2D eigenvalue weighted by Gasteiger charge is 2.20. The van der Waals surface area contributed by atoms with Gasteiger partial charge in [0.05, 0.1) is 0 Å². The van der Waals surface area contributed by atoms with E-state index in [1.54, 1.807) is 0 Å². The molecule has 1 amide bonds. The zero-order chi connectivity index (χ0) is 15.2. The number of amides is 1. The predicted octanol–water partition coefficient (Wildman–Crippen LogP) is 0.532. The number of piperidine rings is 1. The maximum Gasteiger partial charge on any atom is 0.258 e. The van der Waals surface area contributed by atoms with Crippen LogP contribution in [-0.4, -0.2) is 58.9 Å². The molecule has 0 bridgehead atoms. The number of hydrogen-bond acceptors (Lipinski definition) is 5. The molecular weight excluding hydrogens is 272 g/mol. The van der Waals surface area contributed by atoms with Crippen LogP contribution in [-0.2, 0) is 0 Å². The van der Waals surface area contributed by atoms with Crippen molar-refractivity contribution >= 4 is 5.91 Å². The van der Waals surface area contributed by atoms with Crippen molar-refractivity contribution in [1.82, 2.24) is 10.2 Å². The Hall–Kier alpha value is -1.79. The van der Waals surface area contributed by atoms with Crippen molar-refractivity contribution in [3.05, 3.63) is 23.8 Å². The van der Waals surface area contributed by atoms with Crippen molar-refractivity contribution in [3.8, 4) is 11.5 Å². The highest BCUT2D eigenvalue weighted by atomic mass is 16.3. The summed E-state index contributed by atoms with van der Waals surface area (Å²) in [6.45, 7) is 3.14. The van der Waals surface area contributed by atoms with Crippen LogP contribution in [0.1, 0.15) is 23.2 Å². The number of carbonyl (C=O) groups excluding carboxylic acids is 1. The zero-order valence-corrected chi connectivity index (χ0v) is 12.0. The van der Waals surface area contributed by atoms with Crippen LogP contribution in [0.2, 0.25) is 0 Å². The van der Waals surface area contributed by atoms with Crippen molar-refractivity contribution in [2.24, 2.45) is 5.92 Å². The Balaban J connectivity index is 1.82. The number of phenolic OH excluding ortho intramolecular Hbond substituents is 2. The topological polar surface area (TPSA) is 93.0 Å². The second-order valence-corrected chi connectivity index (χ2v) is 5.42. The van der Waals surface area contributed by atoms with Crippen LogP contribution in [0.25, 0.3) is 0 Å². The summed E-state index contributed by atoms with van der Waals surface area (Å²) in [5.74, 6) is -0.630. The van der Waals surface area contributed by atoms with Gasteiger partial charge in [-0.3, -0.25) is 4.79 Å². The lowest BCUT2D eigenvalue weighted by Crippen LogP contribution is -2.41. The Morgan fingerprint density at radius 2 is 2.05 bits per heavy atom. The van der Waals surface area contributed by atoms with Crippen LogP contribution in [0.15, 0.2) is 18.2 Å². The van der Waals surface area contributed by atoms with E-state index in [0.29, 0.717) is 19.0 Å². The first-order chi connectivity index (χ1) is 10.1. The third-order valence-corrected chi connectivity index (χ3v) is 3.82. The number of nitrogens with one attached hydrogen (secondary N) is 1. The van der Waals surface area contributed by atoms with Gasteiger partial charge in [0.25, 0.3) is 5.91 Å². The van der Waals surface area contributed by atoms with Gasteiger partial charge in [0, 0.05) is 26.2 Å². The minimum Gasteiger partial charge on any atom is -0.507 e. The lowest BCUT2D eigenvalue weighted by Gasteiger charge is -2.31. The van der Waals surface area contributed by atoms with Crippen molar-refractivity contribution in [3.63, 3.8) is 0 Å². The molecule has 21 heavy (non-hydrogen) atoms. The van der Waals surface area contributed by atoms with Crippen LogP contribution < -0.4 is 5.32 Å². The van der Waals surface area contributed by atoms with Crippen LogP contribution in [0.3, 0.4) is 0 Å². The molecule has 2 rings (SSSR count). The second kappa shape index (κ2) is 7.28. The number of nitrogens with zero attached hydrogens (tertiary/aromatic N) is 1. The molecule has 1 aromatic carbocycles. The van der Waals surface area contributed by atoms with E-state index in [0.717, 1.165) is 25.9 Å². The highest BCUT2D eigenvalue weighted by molar-refractivity contribution is 5.99. The SMILES string of the molecule is O=C(NCCN1CCCC(CO)C1)c1c(O)cccc1O. The molecule has 1 aromatic rings. The van der Waals surface area contributed by atoms with Crippen molar-refractivity contribution in [2.75, 3.05) is 32.8 Å². The minimum absolute atomic E-state index is 0.0932. The first kappa shape index (κ1) is 15.6. The molecule has 1 fully saturated rings. The molecule has 1 aliphatic heterocycles. The van der Waals surface area contributed by atoms with Gasteiger partial charge in [-0.25, -0.2) is 0 Å². The smallest absolute Gasteiger partial charge is 0.258 e. The van der Waals surface area contributed by atoms with Crippen molar-refractivity contribution < 1.29 is 20.1 Å². The number of aromatic hydroxyl groups is 2. The van der Waals surface area contributed by atoms with E-state index >= 15 is 0 Å². The predicted molar refractivity (Wildman–Crippen MR) is 78.4 cm³/mol. The number of hydrogen-bond donors (Lipinski definition) is 4. The number of aliphatic hydroxyl groups is 1. The molecule has 0 spiro atoms. The molecule has 1 aliphatic rings. The summed E-state index contributed by atoms with van der Waals surface area (Å²) in [4.78, 5) is 14.2. The fraction of sp³-hybridized carbons (Fsp3) is 0.533. The summed E-state index contributed by atoms with van der Waals surface area (Å²) in [7, 11) is 0. The lowest BCUT2D eigenvalue weighted by atomic mass is 9.99. The second-order valence-electron chi connectivity index (χ2n) is 5.42. The summed E-state index contributed by atoms with van der Waals surface area (Å²) in [5.41, 5.74) is -0.0932. The molecule has 6 nitrogen and oxygen atoms in total. The van der Waals surface area contributed by atoms with Gasteiger partial charge in [0.15, 0.2) is 0 Å². The third kappa shape index (κ3) is 4.09. The maximum absolute atomic E-state index is 12.0. The molecule has 6 heteroatoms. The van der Waals surface area contributed by atoms with E-state index in [1.165, 1.54) is 18.2 Å². The summed E-state index contributed by atoms with van der Waals surface area (Å²) >= 11 is 0. The van der Waals surface area contributed by atoms with Gasteiger partial charge in [0.1, 0.15) is 17.1 Å². The standard InChI is InChI=1S/C15H22N2O4/c18-10-11-3-2-7-17(9-11)8-6-16-15(21)14-12(19)4-1-5-13(14)20/h1,4-5,11,18-20H,2-3,6-10H2,(H,16,21). The van der Waals surface area contributed by atoms with Gasteiger partial charge in [-0.1, -0.05) is 6.07 Å². The van der Waals surface area contributed by atoms with Crippen LogP contribution in [0.4, 0.5) is 0 Å². The largest absolute Gasteiger partial charge is 0.507 e. The Morgan fingerprint density at radius 1 is 1.33 bits per heavy atom. The molecule has 0 aliphatic carbocycles. The average Bonchev–Trinajstić information content (AvgIpc) is 2.47. The molecule has 0 aromatic heterocycles. The number of rotatable bonds is 5. The monoisotopic (exact) mass is 294 g/mol. The molecule has 1 unspecified atom stereocenters. The van der Waals surface area contributed by atoms with E-state index in [9.17, 15) is 20.1 Å². The summed E-state index contributed by atoms with van der Waals surface area (Å²) in [6, 6.07) is 4.21. The molecule has 116 valence electrons. The minimum atomic E-state index is -0.485. The van der Waals surface area contributed by atoms with Gasteiger partial charge in [-0.05, 0) is 37.4 Å². The Kier molecular flexibility index (Phi) is 5.41. The van der Waals surface area contributed by atoms with Crippen molar-refractivity contribution in [2.45, 2.75) is 12.8 Å². The average molecular weight is 294 g/mol. The number of likely N-dealkylation sites (tertiary alicyclic amines) is 1. The van der Waals surface area contributed by atoms with Crippen molar-refractivity contribution in [1.29, 1.82) is 0 Å². The molecule has 4 N–H and O–H groups in total. The van der Waals surface area contributed by atoms with E-state index < -0.39 is 5.91 Å². The van der Waals surface area contributed by atoms with E-state index in [-0.39, 0.29) is 23.7 Å². The van der Waals surface area contributed by atoms with Gasteiger partial charge in [-0.15, -0.1) is 0 Å².